The number of carbonyl (C=O) groups excluding carboxylic acids is 1. The van der Waals surface area contributed by atoms with Gasteiger partial charge in [-0.15, -0.1) is 12.4 Å². The highest BCUT2D eigenvalue weighted by Gasteiger charge is 2.19. The van der Waals surface area contributed by atoms with Crippen molar-refractivity contribution >= 4 is 24.0 Å². The van der Waals surface area contributed by atoms with E-state index in [1.54, 1.807) is 0 Å². The van der Waals surface area contributed by atoms with Gasteiger partial charge in [0, 0.05) is 18.7 Å². The molecule has 0 aromatic heterocycles. The van der Waals surface area contributed by atoms with Gasteiger partial charge in [-0.05, 0) is 31.5 Å². The lowest BCUT2D eigenvalue weighted by Gasteiger charge is -2.29. The standard InChI is InChI=1S/C13H17F2N3O.ClH/c14-9-3-4-11(15)12(6-9)17-13(19)8-18-5-1-2-10(16)7-18;/h3-4,6,10H,1-2,5,7-8,16H2,(H,17,19);1H/t10-;/m1./s1. The summed E-state index contributed by atoms with van der Waals surface area (Å²) in [5.74, 6) is -1.60. The van der Waals surface area contributed by atoms with Gasteiger partial charge in [-0.2, -0.15) is 0 Å². The largest absolute Gasteiger partial charge is 0.327 e. The SMILES string of the molecule is Cl.N[C@@H]1CCCN(CC(=O)Nc2cc(F)ccc2F)C1. The summed E-state index contributed by atoms with van der Waals surface area (Å²) in [5.41, 5.74) is 5.68. The second kappa shape index (κ2) is 7.52. The van der Waals surface area contributed by atoms with Crippen molar-refractivity contribution in [2.24, 2.45) is 5.73 Å². The van der Waals surface area contributed by atoms with Crippen LogP contribution in [0.25, 0.3) is 0 Å². The van der Waals surface area contributed by atoms with Crippen molar-refractivity contribution in [3.8, 4) is 0 Å². The molecule has 0 radical (unpaired) electrons. The molecule has 7 heteroatoms. The van der Waals surface area contributed by atoms with Crippen LogP contribution in [0.4, 0.5) is 14.5 Å². The van der Waals surface area contributed by atoms with Crippen molar-refractivity contribution in [2.75, 3.05) is 25.0 Å². The number of nitrogens with one attached hydrogen (secondary N) is 1. The van der Waals surface area contributed by atoms with E-state index in [0.29, 0.717) is 6.54 Å². The van der Waals surface area contributed by atoms with Crippen LogP contribution < -0.4 is 11.1 Å². The van der Waals surface area contributed by atoms with Crippen LogP contribution in [0.1, 0.15) is 12.8 Å². The number of nitrogens with zero attached hydrogens (tertiary/aromatic N) is 1. The molecule has 1 fully saturated rings. The summed E-state index contributed by atoms with van der Waals surface area (Å²) in [4.78, 5) is 13.7. The summed E-state index contributed by atoms with van der Waals surface area (Å²) in [7, 11) is 0. The molecule has 1 atom stereocenters. The summed E-state index contributed by atoms with van der Waals surface area (Å²) < 4.78 is 26.3. The van der Waals surface area contributed by atoms with Crippen molar-refractivity contribution < 1.29 is 13.6 Å². The van der Waals surface area contributed by atoms with E-state index in [1.165, 1.54) is 0 Å². The minimum atomic E-state index is -0.648. The molecule has 1 aromatic rings. The second-order valence-corrected chi connectivity index (χ2v) is 4.81. The van der Waals surface area contributed by atoms with Gasteiger partial charge in [0.1, 0.15) is 11.6 Å². The summed E-state index contributed by atoms with van der Waals surface area (Å²) in [5, 5.41) is 2.38. The Morgan fingerprint density at radius 1 is 1.45 bits per heavy atom. The Morgan fingerprint density at radius 3 is 2.90 bits per heavy atom. The summed E-state index contributed by atoms with van der Waals surface area (Å²) >= 11 is 0. The maximum Gasteiger partial charge on any atom is 0.238 e. The van der Waals surface area contributed by atoms with E-state index in [2.05, 4.69) is 5.32 Å². The predicted molar refractivity (Wildman–Crippen MR) is 75.9 cm³/mol. The van der Waals surface area contributed by atoms with E-state index in [4.69, 9.17) is 5.73 Å². The van der Waals surface area contributed by atoms with Gasteiger partial charge >= 0.3 is 0 Å². The molecule has 112 valence electrons. The van der Waals surface area contributed by atoms with E-state index in [9.17, 15) is 13.6 Å². The monoisotopic (exact) mass is 305 g/mol. The van der Waals surface area contributed by atoms with Crippen molar-refractivity contribution in [1.29, 1.82) is 0 Å². The Morgan fingerprint density at radius 2 is 2.20 bits per heavy atom. The van der Waals surface area contributed by atoms with E-state index < -0.39 is 11.6 Å². The lowest BCUT2D eigenvalue weighted by atomic mass is 10.1. The average molecular weight is 306 g/mol. The molecule has 1 heterocycles. The number of hydrogen-bond acceptors (Lipinski definition) is 3. The highest BCUT2D eigenvalue weighted by Crippen LogP contribution is 2.15. The fourth-order valence-corrected chi connectivity index (χ4v) is 2.22. The molecule has 0 aliphatic carbocycles. The predicted octanol–water partition coefficient (Wildman–Crippen LogP) is 1.75. The molecular formula is C13H18ClF2N3O. The van der Waals surface area contributed by atoms with Crippen LogP contribution in [-0.4, -0.2) is 36.5 Å². The fourth-order valence-electron chi connectivity index (χ4n) is 2.22. The van der Waals surface area contributed by atoms with Crippen LogP contribution in [-0.2, 0) is 4.79 Å². The van der Waals surface area contributed by atoms with Crippen molar-refractivity contribution in [3.05, 3.63) is 29.8 Å². The van der Waals surface area contributed by atoms with Crippen molar-refractivity contribution in [1.82, 2.24) is 4.90 Å². The number of rotatable bonds is 3. The number of benzene rings is 1. The molecule has 0 saturated carbocycles. The normalized spacial score (nSPS) is 19.2. The molecule has 4 nitrogen and oxygen atoms in total. The average Bonchev–Trinajstić information content (AvgIpc) is 2.34. The number of anilines is 1. The van der Waals surface area contributed by atoms with Gasteiger partial charge in [0.05, 0.1) is 12.2 Å². The Balaban J connectivity index is 0.00000200. The number of hydrogen-bond donors (Lipinski definition) is 2. The van der Waals surface area contributed by atoms with Crippen molar-refractivity contribution in [2.45, 2.75) is 18.9 Å². The molecule has 1 saturated heterocycles. The Bertz CT molecular complexity index is 473. The van der Waals surface area contributed by atoms with Crippen LogP contribution >= 0.6 is 12.4 Å². The summed E-state index contributed by atoms with van der Waals surface area (Å²) in [6, 6.07) is 3.04. The van der Waals surface area contributed by atoms with Crippen LogP contribution in [0.2, 0.25) is 0 Å². The van der Waals surface area contributed by atoms with E-state index in [0.717, 1.165) is 37.6 Å². The van der Waals surface area contributed by atoms with Gasteiger partial charge in [0.25, 0.3) is 0 Å². The Kier molecular flexibility index (Phi) is 6.32. The van der Waals surface area contributed by atoms with Gasteiger partial charge in [0.2, 0.25) is 5.91 Å². The number of carbonyl (C=O) groups is 1. The first-order valence-electron chi connectivity index (χ1n) is 6.27. The van der Waals surface area contributed by atoms with E-state index >= 15 is 0 Å². The lowest BCUT2D eigenvalue weighted by Crippen LogP contribution is -2.45. The minimum Gasteiger partial charge on any atom is -0.327 e. The molecule has 3 N–H and O–H groups in total. The third-order valence-electron chi connectivity index (χ3n) is 3.11. The zero-order valence-electron chi connectivity index (χ0n) is 10.9. The van der Waals surface area contributed by atoms with E-state index in [-0.39, 0.29) is 36.6 Å². The highest BCUT2D eigenvalue weighted by molar-refractivity contribution is 5.92. The number of piperidine rings is 1. The quantitative estimate of drug-likeness (QED) is 0.894. The molecule has 0 bridgehead atoms. The molecule has 0 unspecified atom stereocenters. The first-order chi connectivity index (χ1) is 9.04. The first-order valence-corrected chi connectivity index (χ1v) is 6.27. The minimum absolute atomic E-state index is 0. The molecule has 1 aromatic carbocycles. The van der Waals surface area contributed by atoms with Gasteiger partial charge in [-0.3, -0.25) is 9.69 Å². The van der Waals surface area contributed by atoms with Crippen LogP contribution in [0.15, 0.2) is 18.2 Å². The van der Waals surface area contributed by atoms with Gasteiger partial charge < -0.3 is 11.1 Å². The Labute approximate surface area is 122 Å². The van der Waals surface area contributed by atoms with Crippen LogP contribution in [0.5, 0.6) is 0 Å². The molecule has 1 aliphatic heterocycles. The van der Waals surface area contributed by atoms with Crippen LogP contribution in [0.3, 0.4) is 0 Å². The second-order valence-electron chi connectivity index (χ2n) is 4.81. The zero-order valence-corrected chi connectivity index (χ0v) is 11.8. The van der Waals surface area contributed by atoms with Crippen molar-refractivity contribution in [3.63, 3.8) is 0 Å². The third kappa shape index (κ3) is 4.70. The molecular weight excluding hydrogens is 288 g/mol. The number of likely N-dealkylation sites (tertiary alicyclic amines) is 1. The summed E-state index contributed by atoms with van der Waals surface area (Å²) in [6.07, 6.45) is 1.90. The third-order valence-corrected chi connectivity index (χ3v) is 3.11. The van der Waals surface area contributed by atoms with Crippen LogP contribution in [0, 0.1) is 11.6 Å². The van der Waals surface area contributed by atoms with Gasteiger partial charge in [0.15, 0.2) is 0 Å². The van der Waals surface area contributed by atoms with Gasteiger partial charge in [-0.1, -0.05) is 0 Å². The molecule has 1 aliphatic rings. The lowest BCUT2D eigenvalue weighted by molar-refractivity contribution is -0.117. The first kappa shape index (κ1) is 16.8. The maximum absolute atomic E-state index is 13.4. The molecule has 2 rings (SSSR count). The highest BCUT2D eigenvalue weighted by atomic mass is 35.5. The summed E-state index contributed by atoms with van der Waals surface area (Å²) in [6.45, 7) is 1.59. The molecule has 0 spiro atoms. The number of halogens is 3. The number of nitrogens with two attached hydrogens (primary N) is 1. The topological polar surface area (TPSA) is 58.4 Å². The maximum atomic E-state index is 13.4. The fraction of sp³-hybridized carbons (Fsp3) is 0.462. The zero-order chi connectivity index (χ0) is 13.8. The molecule has 20 heavy (non-hydrogen) atoms. The molecule has 1 amide bonds. The Hall–Kier alpha value is -1.24. The van der Waals surface area contributed by atoms with Gasteiger partial charge in [-0.25, -0.2) is 8.78 Å². The van der Waals surface area contributed by atoms with E-state index in [1.807, 2.05) is 4.90 Å². The smallest absolute Gasteiger partial charge is 0.238 e. The number of amides is 1.